The van der Waals surface area contributed by atoms with E-state index in [9.17, 15) is 0 Å². The van der Waals surface area contributed by atoms with Gasteiger partial charge in [0.25, 0.3) is 0 Å². The minimum Gasteiger partial charge on any atom is -0.135 e. The van der Waals surface area contributed by atoms with E-state index in [0.717, 1.165) is 0 Å². The van der Waals surface area contributed by atoms with E-state index in [1.54, 1.807) is 0 Å². The second kappa shape index (κ2) is 3.21. The molecule has 1 aliphatic rings. The number of hydrogen-bond donors (Lipinski definition) is 0. The molecular formula is C14H14S. The van der Waals surface area contributed by atoms with Crippen molar-refractivity contribution in [2.75, 3.05) is 0 Å². The zero-order valence-corrected chi connectivity index (χ0v) is 9.90. The van der Waals surface area contributed by atoms with Gasteiger partial charge in [-0.2, -0.15) is 0 Å². The van der Waals surface area contributed by atoms with E-state index < -0.39 is 0 Å². The Kier molecular flexibility index (Phi) is 1.96. The lowest BCUT2D eigenvalue weighted by atomic mass is 10.0. The van der Waals surface area contributed by atoms with E-state index in [2.05, 4.69) is 44.2 Å². The Bertz CT molecular complexity index is 631. The summed E-state index contributed by atoms with van der Waals surface area (Å²) >= 11 is 1.94. The van der Waals surface area contributed by atoms with Crippen molar-refractivity contribution in [1.29, 1.82) is 0 Å². The van der Waals surface area contributed by atoms with Crippen molar-refractivity contribution in [3.8, 4) is 0 Å². The maximum atomic E-state index is 2.42. The molecule has 1 aromatic heterocycles. The highest BCUT2D eigenvalue weighted by atomic mass is 32.1. The van der Waals surface area contributed by atoms with E-state index in [4.69, 9.17) is 0 Å². The molecule has 2 aromatic rings. The maximum Gasteiger partial charge on any atom is 0.0384 e. The highest BCUT2D eigenvalue weighted by Gasteiger charge is 2.08. The molecular weight excluding hydrogens is 200 g/mol. The Morgan fingerprint density at radius 1 is 1.33 bits per heavy atom. The summed E-state index contributed by atoms with van der Waals surface area (Å²) in [6.45, 7) is 4.49. The van der Waals surface area contributed by atoms with Crippen LogP contribution in [0.15, 0.2) is 18.2 Å². The van der Waals surface area contributed by atoms with Crippen LogP contribution >= 0.6 is 11.3 Å². The first-order valence-electron chi connectivity index (χ1n) is 5.46. The molecule has 0 fully saturated rings. The van der Waals surface area contributed by atoms with Gasteiger partial charge in [-0.3, -0.25) is 0 Å². The zero-order valence-electron chi connectivity index (χ0n) is 9.08. The zero-order chi connectivity index (χ0) is 10.4. The van der Waals surface area contributed by atoms with Gasteiger partial charge < -0.3 is 0 Å². The molecule has 0 saturated carbocycles. The van der Waals surface area contributed by atoms with Crippen molar-refractivity contribution in [3.05, 3.63) is 33.5 Å². The molecule has 1 aromatic carbocycles. The first-order valence-corrected chi connectivity index (χ1v) is 6.27. The lowest BCUT2D eigenvalue weighted by Crippen LogP contribution is -2.23. The van der Waals surface area contributed by atoms with Crippen LogP contribution in [0.25, 0.3) is 22.2 Å². The third-order valence-corrected chi connectivity index (χ3v) is 4.46. The standard InChI is InChI=1S/C14H14S/c1-9-6-7-13-12(8-9)11-5-3-4-10(2)14(11)15-13/h3-5,7-9H,6H2,1-2H3/t9-/m1/s1. The van der Waals surface area contributed by atoms with Gasteiger partial charge in [-0.05, 0) is 30.0 Å². The molecule has 0 radical (unpaired) electrons. The first-order chi connectivity index (χ1) is 7.25. The fraction of sp³-hybridized carbons (Fsp3) is 0.286. The third-order valence-electron chi connectivity index (χ3n) is 3.11. The van der Waals surface area contributed by atoms with Gasteiger partial charge in [0, 0.05) is 14.6 Å². The van der Waals surface area contributed by atoms with Gasteiger partial charge >= 0.3 is 0 Å². The van der Waals surface area contributed by atoms with Crippen molar-refractivity contribution in [3.63, 3.8) is 0 Å². The summed E-state index contributed by atoms with van der Waals surface area (Å²) in [4.78, 5) is 0. The van der Waals surface area contributed by atoms with Crippen LogP contribution in [-0.4, -0.2) is 0 Å². The molecule has 1 aliphatic carbocycles. The molecule has 1 atom stereocenters. The molecule has 0 nitrogen and oxygen atoms in total. The number of fused-ring (bicyclic) bond motifs is 3. The van der Waals surface area contributed by atoms with Gasteiger partial charge in [-0.15, -0.1) is 11.3 Å². The van der Waals surface area contributed by atoms with Gasteiger partial charge in [0.05, 0.1) is 0 Å². The molecule has 0 amide bonds. The average Bonchev–Trinajstić information content (AvgIpc) is 2.58. The summed E-state index contributed by atoms with van der Waals surface area (Å²) in [5, 5.41) is 2.91. The van der Waals surface area contributed by atoms with Gasteiger partial charge in [-0.1, -0.05) is 37.3 Å². The lowest BCUT2D eigenvalue weighted by molar-refractivity contribution is 0.803. The Labute approximate surface area is 93.6 Å². The summed E-state index contributed by atoms with van der Waals surface area (Å²) in [5.74, 6) is 0.691. The van der Waals surface area contributed by atoms with Gasteiger partial charge in [0.15, 0.2) is 0 Å². The largest absolute Gasteiger partial charge is 0.135 e. The molecule has 1 heterocycles. The van der Waals surface area contributed by atoms with E-state index in [0.29, 0.717) is 5.92 Å². The number of benzene rings is 1. The molecule has 1 heteroatoms. The number of thiophene rings is 1. The number of hydrogen-bond acceptors (Lipinski definition) is 1. The second-order valence-electron chi connectivity index (χ2n) is 4.42. The fourth-order valence-corrected chi connectivity index (χ4v) is 3.47. The first kappa shape index (κ1) is 9.17. The molecule has 15 heavy (non-hydrogen) atoms. The predicted octanol–water partition coefficient (Wildman–Crippen LogP) is 2.81. The summed E-state index contributed by atoms with van der Waals surface area (Å²) in [7, 11) is 0. The van der Waals surface area contributed by atoms with Gasteiger partial charge in [0.2, 0.25) is 0 Å². The molecule has 0 unspecified atom stereocenters. The van der Waals surface area contributed by atoms with Crippen LogP contribution in [0.4, 0.5) is 0 Å². The van der Waals surface area contributed by atoms with Crippen LogP contribution in [-0.2, 0) is 0 Å². The van der Waals surface area contributed by atoms with Crippen LogP contribution in [0.1, 0.15) is 18.9 Å². The molecule has 0 saturated heterocycles. The maximum absolute atomic E-state index is 2.42. The molecule has 0 aliphatic heterocycles. The number of rotatable bonds is 0. The normalized spacial score (nSPS) is 19.5. The van der Waals surface area contributed by atoms with Crippen molar-refractivity contribution in [1.82, 2.24) is 0 Å². The highest BCUT2D eigenvalue weighted by Crippen LogP contribution is 2.20. The van der Waals surface area contributed by atoms with Crippen LogP contribution in [0, 0.1) is 12.8 Å². The van der Waals surface area contributed by atoms with Crippen LogP contribution in [0.3, 0.4) is 0 Å². The number of aryl methyl sites for hydroxylation is 1. The minimum atomic E-state index is 0.691. The molecule has 76 valence electrons. The van der Waals surface area contributed by atoms with Crippen molar-refractivity contribution < 1.29 is 0 Å². The van der Waals surface area contributed by atoms with Gasteiger partial charge in [0.1, 0.15) is 0 Å². The van der Waals surface area contributed by atoms with E-state index in [1.165, 1.54) is 31.8 Å². The van der Waals surface area contributed by atoms with Crippen molar-refractivity contribution in [2.45, 2.75) is 20.3 Å². The lowest BCUT2D eigenvalue weighted by Gasteiger charge is -2.04. The highest BCUT2D eigenvalue weighted by molar-refractivity contribution is 7.17. The minimum absolute atomic E-state index is 0.691. The third kappa shape index (κ3) is 1.34. The predicted molar refractivity (Wildman–Crippen MR) is 68.5 cm³/mol. The van der Waals surface area contributed by atoms with Crippen LogP contribution < -0.4 is 9.75 Å². The Hall–Kier alpha value is -1.08. The fourth-order valence-electron chi connectivity index (χ4n) is 2.27. The monoisotopic (exact) mass is 214 g/mol. The SMILES string of the molecule is Cc1cccc2c3c(sc12)=CC[C@@H](C)C=3. The molecule has 0 spiro atoms. The summed E-state index contributed by atoms with van der Waals surface area (Å²) in [5.41, 5.74) is 1.40. The molecule has 3 rings (SSSR count). The Morgan fingerprint density at radius 3 is 3.07 bits per heavy atom. The topological polar surface area (TPSA) is 0 Å². The van der Waals surface area contributed by atoms with Crippen molar-refractivity contribution in [2.24, 2.45) is 5.92 Å². The average molecular weight is 214 g/mol. The van der Waals surface area contributed by atoms with Gasteiger partial charge in [-0.25, -0.2) is 0 Å². The molecule has 0 bridgehead atoms. The summed E-state index contributed by atoms with van der Waals surface area (Å²) in [6.07, 6.45) is 6.01. The summed E-state index contributed by atoms with van der Waals surface area (Å²) in [6, 6.07) is 6.62. The Balaban J connectivity index is 2.55. The molecule has 0 N–H and O–H groups in total. The van der Waals surface area contributed by atoms with Crippen LogP contribution in [0.2, 0.25) is 0 Å². The summed E-state index contributed by atoms with van der Waals surface area (Å²) < 4.78 is 2.93. The van der Waals surface area contributed by atoms with E-state index in [1.807, 2.05) is 11.3 Å². The van der Waals surface area contributed by atoms with E-state index >= 15 is 0 Å². The smallest absolute Gasteiger partial charge is 0.0384 e. The van der Waals surface area contributed by atoms with Crippen molar-refractivity contribution >= 4 is 33.6 Å². The quantitative estimate of drug-likeness (QED) is 0.632. The van der Waals surface area contributed by atoms with Crippen LogP contribution in [0.5, 0.6) is 0 Å². The Morgan fingerprint density at radius 2 is 2.20 bits per heavy atom. The second-order valence-corrected chi connectivity index (χ2v) is 5.47. The van der Waals surface area contributed by atoms with E-state index in [-0.39, 0.29) is 0 Å².